The fourth-order valence-electron chi connectivity index (χ4n) is 1.35. The van der Waals surface area contributed by atoms with Crippen LogP contribution in [0.15, 0.2) is 11.1 Å². The Morgan fingerprint density at radius 3 is 2.75 bits per heavy atom. The topological polar surface area (TPSA) is 55.1 Å². The first-order chi connectivity index (χ1) is 7.66. The third-order valence-corrected chi connectivity index (χ3v) is 3.83. The second kappa shape index (κ2) is 7.24. The van der Waals surface area contributed by atoms with E-state index in [9.17, 15) is 4.79 Å². The number of aliphatic hydroxyl groups is 1. The maximum absolute atomic E-state index is 11.7. The molecule has 0 saturated heterocycles. The normalized spacial score (nSPS) is 10.7. The monoisotopic (exact) mass is 356 g/mol. The van der Waals surface area contributed by atoms with Gasteiger partial charge in [-0.25, -0.2) is 4.98 Å². The van der Waals surface area contributed by atoms with E-state index in [1.54, 1.807) is 4.57 Å². The number of nitrogens with zero attached hydrogens (tertiary/aromatic N) is 2. The predicted octanol–water partition coefficient (Wildman–Crippen LogP) is 2.05. The van der Waals surface area contributed by atoms with Crippen LogP contribution in [0.25, 0.3) is 0 Å². The number of unbranched alkanes of at least 4 members (excludes halogenated alkanes) is 3. The molecule has 0 aliphatic heterocycles. The number of hydrogen-bond donors (Lipinski definition) is 1. The smallest absolute Gasteiger partial charge is 0.268 e. The maximum atomic E-state index is 11.7. The molecule has 6 heteroatoms. The van der Waals surface area contributed by atoms with Crippen LogP contribution in [-0.4, -0.2) is 21.3 Å². The van der Waals surface area contributed by atoms with Gasteiger partial charge < -0.3 is 5.11 Å². The largest absolute Gasteiger partial charge is 0.396 e. The van der Waals surface area contributed by atoms with Crippen molar-refractivity contribution in [2.24, 2.45) is 0 Å². The number of halogens is 2. The van der Waals surface area contributed by atoms with Gasteiger partial charge >= 0.3 is 0 Å². The summed E-state index contributed by atoms with van der Waals surface area (Å²) in [6.07, 6.45) is 5.22. The van der Waals surface area contributed by atoms with E-state index >= 15 is 0 Å². The second-order valence-electron chi connectivity index (χ2n) is 3.49. The molecule has 0 atom stereocenters. The highest BCUT2D eigenvalue weighted by molar-refractivity contribution is 14.1. The summed E-state index contributed by atoms with van der Waals surface area (Å²) >= 11 is 7.64. The van der Waals surface area contributed by atoms with E-state index in [4.69, 9.17) is 16.7 Å². The number of aliphatic hydroxyl groups excluding tert-OH is 1. The zero-order valence-corrected chi connectivity index (χ0v) is 11.7. The molecule has 0 spiro atoms. The van der Waals surface area contributed by atoms with Crippen LogP contribution < -0.4 is 5.56 Å². The number of hydrogen-bond acceptors (Lipinski definition) is 3. The van der Waals surface area contributed by atoms with E-state index in [2.05, 4.69) is 4.98 Å². The molecule has 0 amide bonds. The van der Waals surface area contributed by atoms with Crippen LogP contribution in [0.4, 0.5) is 0 Å². The molecular weight excluding hydrogens is 342 g/mol. The van der Waals surface area contributed by atoms with E-state index in [0.29, 0.717) is 10.1 Å². The minimum absolute atomic E-state index is 0.0808. The first-order valence-electron chi connectivity index (χ1n) is 5.18. The van der Waals surface area contributed by atoms with E-state index in [1.807, 2.05) is 22.6 Å². The van der Waals surface area contributed by atoms with Crippen LogP contribution in [0, 0.1) is 3.57 Å². The lowest BCUT2D eigenvalue weighted by atomic mass is 10.2. The Kier molecular flexibility index (Phi) is 6.30. The van der Waals surface area contributed by atoms with E-state index in [1.165, 1.54) is 6.33 Å². The van der Waals surface area contributed by atoms with Crippen molar-refractivity contribution in [3.8, 4) is 0 Å². The van der Waals surface area contributed by atoms with Gasteiger partial charge in [-0.05, 0) is 35.4 Å². The summed E-state index contributed by atoms with van der Waals surface area (Å²) in [5.41, 5.74) is -0.0808. The van der Waals surface area contributed by atoms with E-state index in [0.717, 1.165) is 25.7 Å². The maximum Gasteiger partial charge on any atom is 0.268 e. The molecule has 0 bridgehead atoms. The van der Waals surface area contributed by atoms with Crippen LogP contribution in [0.2, 0.25) is 5.15 Å². The summed E-state index contributed by atoms with van der Waals surface area (Å²) < 4.78 is 2.05. The van der Waals surface area contributed by atoms with Crippen molar-refractivity contribution < 1.29 is 5.11 Å². The van der Waals surface area contributed by atoms with Crippen LogP contribution >= 0.6 is 34.2 Å². The lowest BCUT2D eigenvalue weighted by Gasteiger charge is -2.05. The molecule has 1 aromatic heterocycles. The molecule has 1 aromatic rings. The lowest BCUT2D eigenvalue weighted by molar-refractivity contribution is 0.282. The Bertz CT molecular complexity index is 395. The molecule has 1 rings (SSSR count). The van der Waals surface area contributed by atoms with Crippen molar-refractivity contribution in [2.45, 2.75) is 32.2 Å². The second-order valence-corrected chi connectivity index (χ2v) is 4.92. The van der Waals surface area contributed by atoms with Gasteiger partial charge in [0.1, 0.15) is 8.72 Å². The minimum Gasteiger partial charge on any atom is -0.396 e. The fourth-order valence-corrected chi connectivity index (χ4v) is 1.92. The average molecular weight is 357 g/mol. The van der Waals surface area contributed by atoms with Gasteiger partial charge in [-0.3, -0.25) is 9.36 Å². The van der Waals surface area contributed by atoms with Crippen LogP contribution in [0.1, 0.15) is 25.7 Å². The molecule has 0 aliphatic rings. The summed E-state index contributed by atoms with van der Waals surface area (Å²) in [5, 5.41) is 8.88. The minimum atomic E-state index is -0.0808. The van der Waals surface area contributed by atoms with Crippen LogP contribution in [0.3, 0.4) is 0 Å². The molecular formula is C10H14ClIN2O2. The van der Waals surface area contributed by atoms with Crippen molar-refractivity contribution in [2.75, 3.05) is 6.61 Å². The first-order valence-corrected chi connectivity index (χ1v) is 6.63. The van der Waals surface area contributed by atoms with Crippen molar-refractivity contribution in [3.05, 3.63) is 25.4 Å². The van der Waals surface area contributed by atoms with Gasteiger partial charge in [0.2, 0.25) is 0 Å². The highest BCUT2D eigenvalue weighted by atomic mass is 127. The SMILES string of the molecule is O=c1c(I)c(Cl)ncn1CCCCCCO. The molecule has 0 radical (unpaired) electrons. The molecule has 0 unspecified atom stereocenters. The third-order valence-electron chi connectivity index (χ3n) is 2.25. The Morgan fingerprint density at radius 2 is 2.06 bits per heavy atom. The lowest BCUT2D eigenvalue weighted by Crippen LogP contribution is -2.23. The average Bonchev–Trinajstić information content (AvgIpc) is 2.28. The van der Waals surface area contributed by atoms with Gasteiger partial charge in [0.15, 0.2) is 0 Å². The standard InChI is InChI=1S/C10H14ClIN2O2/c11-9-8(12)10(16)14(7-13-9)5-3-1-2-4-6-15/h7,15H,1-6H2. The molecule has 1 N–H and O–H groups in total. The molecule has 0 fully saturated rings. The van der Waals surface area contributed by atoms with Gasteiger partial charge in [-0.1, -0.05) is 24.4 Å². The van der Waals surface area contributed by atoms with Gasteiger partial charge in [0, 0.05) is 13.2 Å². The first kappa shape index (κ1) is 13.9. The molecule has 0 saturated carbocycles. The van der Waals surface area contributed by atoms with Crippen molar-refractivity contribution in [3.63, 3.8) is 0 Å². The number of aryl methyl sites for hydroxylation is 1. The fraction of sp³-hybridized carbons (Fsp3) is 0.600. The summed E-state index contributed by atoms with van der Waals surface area (Å²) in [4.78, 5) is 15.6. The molecule has 0 aliphatic carbocycles. The number of aromatic nitrogens is 2. The van der Waals surface area contributed by atoms with E-state index in [-0.39, 0.29) is 17.3 Å². The molecule has 0 aromatic carbocycles. The third kappa shape index (κ3) is 4.03. The van der Waals surface area contributed by atoms with Gasteiger partial charge in [0.25, 0.3) is 5.56 Å². The summed E-state index contributed by atoms with van der Waals surface area (Å²) in [6, 6.07) is 0. The van der Waals surface area contributed by atoms with Crippen molar-refractivity contribution in [1.82, 2.24) is 9.55 Å². The van der Waals surface area contributed by atoms with Gasteiger partial charge in [-0.15, -0.1) is 0 Å². The van der Waals surface area contributed by atoms with Crippen molar-refractivity contribution in [1.29, 1.82) is 0 Å². The van der Waals surface area contributed by atoms with Crippen LogP contribution in [-0.2, 0) is 6.54 Å². The van der Waals surface area contributed by atoms with E-state index < -0.39 is 0 Å². The Hall–Kier alpha value is -0.140. The molecule has 16 heavy (non-hydrogen) atoms. The van der Waals surface area contributed by atoms with Gasteiger partial charge in [0.05, 0.1) is 6.33 Å². The quantitative estimate of drug-likeness (QED) is 0.482. The molecule has 90 valence electrons. The molecule has 1 heterocycles. The number of rotatable bonds is 6. The Balaban J connectivity index is 2.49. The summed E-state index contributed by atoms with van der Waals surface area (Å²) in [6.45, 7) is 0.894. The molecule has 4 nitrogen and oxygen atoms in total. The zero-order valence-electron chi connectivity index (χ0n) is 8.83. The Labute approximate surface area is 113 Å². The summed E-state index contributed by atoms with van der Waals surface area (Å²) in [5.74, 6) is 0. The predicted molar refractivity (Wildman–Crippen MR) is 71.8 cm³/mol. The zero-order chi connectivity index (χ0) is 12.0. The Morgan fingerprint density at radius 1 is 1.38 bits per heavy atom. The van der Waals surface area contributed by atoms with Crippen LogP contribution in [0.5, 0.6) is 0 Å². The van der Waals surface area contributed by atoms with Crippen molar-refractivity contribution >= 4 is 34.2 Å². The highest BCUT2D eigenvalue weighted by Crippen LogP contribution is 2.09. The summed E-state index contributed by atoms with van der Waals surface area (Å²) in [7, 11) is 0. The van der Waals surface area contributed by atoms with Gasteiger partial charge in [-0.2, -0.15) is 0 Å². The highest BCUT2D eigenvalue weighted by Gasteiger charge is 2.05.